The summed E-state index contributed by atoms with van der Waals surface area (Å²) in [6.07, 6.45) is 3.55. The van der Waals surface area contributed by atoms with Crippen LogP contribution in [0.1, 0.15) is 48.0 Å². The first-order valence-corrected chi connectivity index (χ1v) is 14.9. The molecule has 14 heteroatoms. The summed E-state index contributed by atoms with van der Waals surface area (Å²) in [5.41, 5.74) is -1.31. The number of pyridine rings is 1. The summed E-state index contributed by atoms with van der Waals surface area (Å²) in [6.45, 7) is 11.0. The molecule has 0 aromatic carbocycles. The lowest BCUT2D eigenvalue weighted by Gasteiger charge is -2.53. The predicted octanol–water partition coefficient (Wildman–Crippen LogP) is 2.96. The lowest BCUT2D eigenvalue weighted by Crippen LogP contribution is -2.73. The summed E-state index contributed by atoms with van der Waals surface area (Å²) in [4.78, 5) is 55.9. The second-order valence-corrected chi connectivity index (χ2v) is 14.3. The second-order valence-electron chi connectivity index (χ2n) is 12.0. The van der Waals surface area contributed by atoms with E-state index in [1.807, 2.05) is 18.2 Å². The number of piperidine rings is 1. The van der Waals surface area contributed by atoms with Crippen molar-refractivity contribution in [2.24, 2.45) is 5.92 Å². The Labute approximate surface area is 246 Å². The van der Waals surface area contributed by atoms with Crippen LogP contribution in [0.3, 0.4) is 0 Å². The molecule has 0 saturated carbocycles. The molecule has 0 aliphatic carbocycles. The first-order chi connectivity index (χ1) is 19.2. The average Bonchev–Trinajstić information content (AvgIpc) is 3.43. The van der Waals surface area contributed by atoms with E-state index in [-0.39, 0.29) is 30.0 Å². The number of carbonyl (C=O) groups excluding carboxylic acids is 4. The number of hydrogen-bond acceptors (Lipinski definition) is 10. The lowest BCUT2D eigenvalue weighted by molar-refractivity contribution is -0.684. The molecule has 3 unspecified atom stereocenters. The third-order valence-corrected chi connectivity index (χ3v) is 8.63. The second kappa shape index (κ2) is 10.7. The quantitative estimate of drug-likeness (QED) is 0.229. The highest BCUT2D eigenvalue weighted by Crippen LogP contribution is 2.54. The summed E-state index contributed by atoms with van der Waals surface area (Å²) in [6, 6.07) is 4.41. The van der Waals surface area contributed by atoms with Crippen molar-refractivity contribution >= 4 is 52.1 Å². The van der Waals surface area contributed by atoms with Gasteiger partial charge in [0.05, 0.1) is 6.04 Å². The first-order valence-electron chi connectivity index (χ1n) is 13.3. The number of rotatable bonds is 6. The van der Waals surface area contributed by atoms with E-state index in [4.69, 9.17) is 9.47 Å². The van der Waals surface area contributed by atoms with Crippen molar-refractivity contribution in [3.05, 3.63) is 41.2 Å². The van der Waals surface area contributed by atoms with Crippen molar-refractivity contribution in [1.82, 2.24) is 20.0 Å². The van der Waals surface area contributed by atoms with Gasteiger partial charge in [-0.1, -0.05) is 29.2 Å². The first kappa shape index (κ1) is 29.0. The molecule has 3 aliphatic rings. The molecule has 218 valence electrons. The number of carbonyl (C=O) groups is 4. The number of β-lactam (4-membered cyclic amide) rings is 1. The summed E-state index contributed by atoms with van der Waals surface area (Å²) >= 11 is 2.42. The fourth-order valence-electron chi connectivity index (χ4n) is 5.07. The van der Waals surface area contributed by atoms with Crippen molar-refractivity contribution in [2.45, 2.75) is 82.1 Å². The standard InChI is InChI=1S/C27H32N6O6S2/c1-26(2,3)38-22(36)19-20(40-24-30-29-23(41-24)28-16(34)14-31-11-8-7-9-12-31)15-10-13-32(25(37)39-27(4,5)6)18-17(15)33(19)21(18)35/h7-9,11-12,15,17-18H,10,13-14H2,1-6H3/p+1. The van der Waals surface area contributed by atoms with Gasteiger partial charge in [-0.3, -0.25) is 24.7 Å². The highest BCUT2D eigenvalue weighted by molar-refractivity contribution is 8.04. The van der Waals surface area contributed by atoms with Crippen molar-refractivity contribution in [3.63, 3.8) is 0 Å². The molecule has 2 aromatic rings. The van der Waals surface area contributed by atoms with Gasteiger partial charge in [0.1, 0.15) is 22.9 Å². The van der Waals surface area contributed by atoms with Gasteiger partial charge >= 0.3 is 12.1 Å². The highest BCUT2D eigenvalue weighted by atomic mass is 32.2. The lowest BCUT2D eigenvalue weighted by atomic mass is 9.81. The van der Waals surface area contributed by atoms with Crippen molar-refractivity contribution in [2.75, 3.05) is 11.9 Å². The van der Waals surface area contributed by atoms with Crippen LogP contribution in [0.5, 0.6) is 0 Å². The van der Waals surface area contributed by atoms with Gasteiger partial charge in [-0.05, 0) is 48.0 Å². The van der Waals surface area contributed by atoms with E-state index in [0.717, 1.165) is 0 Å². The molecule has 3 aliphatic heterocycles. The molecule has 1 N–H and O–H groups in total. The van der Waals surface area contributed by atoms with E-state index in [0.29, 0.717) is 27.3 Å². The number of anilines is 1. The monoisotopic (exact) mass is 601 g/mol. The van der Waals surface area contributed by atoms with Gasteiger partial charge in [0.15, 0.2) is 16.7 Å². The highest BCUT2D eigenvalue weighted by Gasteiger charge is 2.65. The number of amides is 3. The summed E-state index contributed by atoms with van der Waals surface area (Å²) in [5.74, 6) is -1.40. The minimum atomic E-state index is -0.777. The predicted molar refractivity (Wildman–Crippen MR) is 149 cm³/mol. The maximum Gasteiger partial charge on any atom is 0.411 e. The molecule has 0 radical (unpaired) electrons. The molecule has 5 heterocycles. The van der Waals surface area contributed by atoms with E-state index in [9.17, 15) is 19.2 Å². The van der Waals surface area contributed by atoms with Crippen LogP contribution < -0.4 is 9.88 Å². The van der Waals surface area contributed by atoms with Crippen LogP contribution in [0, 0.1) is 5.92 Å². The van der Waals surface area contributed by atoms with Gasteiger partial charge in [-0.2, -0.15) is 4.57 Å². The molecule has 5 rings (SSSR count). The number of likely N-dealkylation sites (tertiary alicyclic amines) is 1. The SMILES string of the molecule is CC(C)(C)OC(=O)C1=C(Sc2nnc(NC(=O)C[n+]3ccccc3)s2)C2CCN(C(=O)OC(C)(C)C)C3C(=O)N1C23. The Morgan fingerprint density at radius 3 is 2.41 bits per heavy atom. The zero-order valence-corrected chi connectivity index (χ0v) is 25.4. The topological polar surface area (TPSA) is 135 Å². The van der Waals surface area contributed by atoms with Crippen LogP contribution in [-0.2, 0) is 30.4 Å². The Balaban J connectivity index is 1.37. The number of hydrogen-bond donors (Lipinski definition) is 1. The van der Waals surface area contributed by atoms with Crippen molar-refractivity contribution in [1.29, 1.82) is 0 Å². The van der Waals surface area contributed by atoms with Crippen molar-refractivity contribution in [3.8, 4) is 0 Å². The zero-order valence-electron chi connectivity index (χ0n) is 23.7. The minimum absolute atomic E-state index is 0.118. The van der Waals surface area contributed by atoms with Gasteiger partial charge in [0.2, 0.25) is 11.7 Å². The third kappa shape index (κ3) is 6.08. The normalized spacial score (nSPS) is 21.8. The van der Waals surface area contributed by atoms with Crippen LogP contribution in [0.15, 0.2) is 45.5 Å². The van der Waals surface area contributed by atoms with Gasteiger partial charge in [-0.25, -0.2) is 9.59 Å². The van der Waals surface area contributed by atoms with Crippen LogP contribution in [-0.4, -0.2) is 73.7 Å². The number of nitrogens with one attached hydrogen (secondary N) is 1. The zero-order chi connectivity index (χ0) is 29.7. The fraction of sp³-hybridized carbons (Fsp3) is 0.519. The number of nitrogens with zero attached hydrogens (tertiary/aromatic N) is 5. The Morgan fingerprint density at radius 2 is 1.76 bits per heavy atom. The largest absolute Gasteiger partial charge is 0.455 e. The summed E-state index contributed by atoms with van der Waals surface area (Å²) < 4.78 is 13.5. The molecular weight excluding hydrogens is 568 g/mol. The molecule has 0 spiro atoms. The molecular formula is C27H33N6O6S2+. The van der Waals surface area contributed by atoms with Gasteiger partial charge in [0, 0.05) is 29.5 Å². The van der Waals surface area contributed by atoms with Crippen LogP contribution in [0.25, 0.3) is 0 Å². The molecule has 0 bridgehead atoms. The number of ether oxygens (including phenoxy) is 2. The van der Waals surface area contributed by atoms with E-state index in [2.05, 4.69) is 15.5 Å². The number of aromatic nitrogens is 3. The molecule has 12 nitrogen and oxygen atoms in total. The smallest absolute Gasteiger partial charge is 0.411 e. The summed E-state index contributed by atoms with van der Waals surface area (Å²) in [7, 11) is 0. The van der Waals surface area contributed by atoms with Gasteiger partial charge < -0.3 is 9.47 Å². The Morgan fingerprint density at radius 1 is 1.07 bits per heavy atom. The Hall–Kier alpha value is -3.52. The summed E-state index contributed by atoms with van der Waals surface area (Å²) in [5, 5.41) is 11.4. The molecule has 2 fully saturated rings. The Bertz CT molecular complexity index is 1410. The van der Waals surface area contributed by atoms with Crippen LogP contribution in [0.2, 0.25) is 0 Å². The van der Waals surface area contributed by atoms with Crippen LogP contribution in [0.4, 0.5) is 9.93 Å². The number of thioether (sulfide) groups is 1. The van der Waals surface area contributed by atoms with E-state index >= 15 is 0 Å². The molecule has 2 saturated heterocycles. The maximum absolute atomic E-state index is 13.4. The average molecular weight is 602 g/mol. The minimum Gasteiger partial charge on any atom is -0.455 e. The van der Waals surface area contributed by atoms with E-state index in [1.54, 1.807) is 58.5 Å². The van der Waals surface area contributed by atoms with E-state index < -0.39 is 35.3 Å². The third-order valence-electron chi connectivity index (χ3n) is 6.53. The molecule has 41 heavy (non-hydrogen) atoms. The van der Waals surface area contributed by atoms with E-state index in [1.165, 1.54) is 32.9 Å². The number of esters is 1. The van der Waals surface area contributed by atoms with Crippen LogP contribution >= 0.6 is 23.1 Å². The molecule has 3 amide bonds. The van der Waals surface area contributed by atoms with Crippen molar-refractivity contribution < 1.29 is 33.2 Å². The molecule has 3 atom stereocenters. The fourth-order valence-corrected chi connectivity index (χ4v) is 7.20. The van der Waals surface area contributed by atoms with Gasteiger partial charge in [-0.15, -0.1) is 10.2 Å². The Kier molecular flexibility index (Phi) is 7.57. The maximum atomic E-state index is 13.4. The molecule has 2 aromatic heterocycles. The van der Waals surface area contributed by atoms with Gasteiger partial charge in [0.25, 0.3) is 11.8 Å².